The van der Waals surface area contributed by atoms with Crippen molar-refractivity contribution in [3.8, 4) is 0 Å². The molecule has 18 heavy (non-hydrogen) atoms. The lowest BCUT2D eigenvalue weighted by Crippen LogP contribution is -2.21. The van der Waals surface area contributed by atoms with Crippen LogP contribution in [-0.4, -0.2) is 24.6 Å². The maximum atomic E-state index is 10.5. The fourth-order valence-corrected chi connectivity index (χ4v) is 1.97. The molecule has 0 amide bonds. The van der Waals surface area contributed by atoms with Crippen LogP contribution in [0.25, 0.3) is 0 Å². The zero-order valence-corrected chi connectivity index (χ0v) is 10.2. The van der Waals surface area contributed by atoms with Gasteiger partial charge in [0.05, 0.1) is 4.92 Å². The Balaban J connectivity index is 1.79. The van der Waals surface area contributed by atoms with Gasteiger partial charge in [0.2, 0.25) is 0 Å². The highest BCUT2D eigenvalue weighted by atomic mass is 16.6. The predicted octanol–water partition coefficient (Wildman–Crippen LogP) is 2.32. The summed E-state index contributed by atoms with van der Waals surface area (Å²) in [6.45, 7) is 2.89. The Morgan fingerprint density at radius 2 is 2.11 bits per heavy atom. The maximum Gasteiger partial charge on any atom is 0.269 e. The molecule has 1 aliphatic rings. The van der Waals surface area contributed by atoms with E-state index in [1.807, 2.05) is 0 Å². The van der Waals surface area contributed by atoms with Crippen molar-refractivity contribution in [2.75, 3.05) is 25.0 Å². The number of benzene rings is 1. The topological polar surface area (TPSA) is 67.2 Å². The van der Waals surface area contributed by atoms with Crippen molar-refractivity contribution in [1.29, 1.82) is 0 Å². The summed E-state index contributed by atoms with van der Waals surface area (Å²) >= 11 is 0. The zero-order chi connectivity index (χ0) is 12.8. The van der Waals surface area contributed by atoms with E-state index < -0.39 is 0 Å². The second kappa shape index (κ2) is 6.16. The minimum Gasteiger partial charge on any atom is -0.385 e. The summed E-state index contributed by atoms with van der Waals surface area (Å²) in [6, 6.07) is 6.53. The molecule has 0 fully saturated rings. The second-order valence-corrected chi connectivity index (χ2v) is 4.30. The second-order valence-electron chi connectivity index (χ2n) is 4.30. The first-order valence-electron chi connectivity index (χ1n) is 6.12. The van der Waals surface area contributed by atoms with Crippen molar-refractivity contribution in [3.05, 3.63) is 46.0 Å². The van der Waals surface area contributed by atoms with Crippen LogP contribution >= 0.6 is 0 Å². The molecule has 0 saturated carbocycles. The zero-order valence-electron chi connectivity index (χ0n) is 10.2. The van der Waals surface area contributed by atoms with E-state index in [1.54, 1.807) is 12.1 Å². The molecule has 1 aromatic rings. The molecule has 0 saturated heterocycles. The Bertz CT molecular complexity index is 440. The first kappa shape index (κ1) is 12.6. The molecule has 1 heterocycles. The number of nitro benzene ring substituents is 1. The number of nitrogens with zero attached hydrogens (tertiary/aromatic N) is 1. The lowest BCUT2D eigenvalue weighted by atomic mass is 10.1. The summed E-state index contributed by atoms with van der Waals surface area (Å²) in [7, 11) is 0. The molecule has 2 rings (SSSR count). The lowest BCUT2D eigenvalue weighted by molar-refractivity contribution is -0.384. The molecule has 0 radical (unpaired) electrons. The van der Waals surface area contributed by atoms with Gasteiger partial charge in [-0.1, -0.05) is 11.6 Å². The number of nitrogens with one attached hydrogen (secondary N) is 2. The molecular weight excluding hydrogens is 230 g/mol. The van der Waals surface area contributed by atoms with Crippen molar-refractivity contribution in [2.45, 2.75) is 12.8 Å². The number of hydrogen-bond acceptors (Lipinski definition) is 4. The molecule has 1 aromatic carbocycles. The van der Waals surface area contributed by atoms with Gasteiger partial charge in [-0.25, -0.2) is 0 Å². The van der Waals surface area contributed by atoms with Gasteiger partial charge in [-0.2, -0.15) is 0 Å². The summed E-state index contributed by atoms with van der Waals surface area (Å²) < 4.78 is 0. The molecule has 5 nitrogen and oxygen atoms in total. The van der Waals surface area contributed by atoms with E-state index in [0.717, 1.165) is 38.2 Å². The Labute approximate surface area is 106 Å². The van der Waals surface area contributed by atoms with E-state index in [4.69, 9.17) is 0 Å². The van der Waals surface area contributed by atoms with Crippen LogP contribution in [0.15, 0.2) is 35.9 Å². The maximum absolute atomic E-state index is 10.5. The Morgan fingerprint density at radius 3 is 2.72 bits per heavy atom. The quantitative estimate of drug-likeness (QED) is 0.476. The Morgan fingerprint density at radius 1 is 1.33 bits per heavy atom. The third-order valence-electron chi connectivity index (χ3n) is 3.01. The van der Waals surface area contributed by atoms with Gasteiger partial charge in [0.1, 0.15) is 0 Å². The molecule has 0 unspecified atom stereocenters. The SMILES string of the molecule is O=[N+]([O-])c1ccc(NCCC2=CCNCC2)cc1. The average Bonchev–Trinajstić information content (AvgIpc) is 2.40. The van der Waals surface area contributed by atoms with Crippen LogP contribution in [0.2, 0.25) is 0 Å². The number of rotatable bonds is 5. The number of non-ortho nitro benzene ring substituents is 1. The van der Waals surface area contributed by atoms with Gasteiger partial charge < -0.3 is 10.6 Å². The summed E-state index contributed by atoms with van der Waals surface area (Å²) in [6.07, 6.45) is 4.38. The summed E-state index contributed by atoms with van der Waals surface area (Å²) in [5.74, 6) is 0. The van der Waals surface area contributed by atoms with Crippen molar-refractivity contribution >= 4 is 11.4 Å². The van der Waals surface area contributed by atoms with Gasteiger partial charge in [-0.3, -0.25) is 10.1 Å². The molecule has 0 aromatic heterocycles. The molecule has 5 heteroatoms. The van der Waals surface area contributed by atoms with Crippen LogP contribution in [0.1, 0.15) is 12.8 Å². The molecule has 0 aliphatic carbocycles. The van der Waals surface area contributed by atoms with E-state index in [0.29, 0.717) is 0 Å². The normalized spacial score (nSPS) is 15.0. The van der Waals surface area contributed by atoms with Gasteiger partial charge in [0.25, 0.3) is 5.69 Å². The van der Waals surface area contributed by atoms with Crippen LogP contribution in [0, 0.1) is 10.1 Å². The molecule has 0 atom stereocenters. The molecule has 96 valence electrons. The van der Waals surface area contributed by atoms with Crippen LogP contribution in [0.4, 0.5) is 11.4 Å². The van der Waals surface area contributed by atoms with E-state index >= 15 is 0 Å². The van der Waals surface area contributed by atoms with Crippen LogP contribution in [-0.2, 0) is 0 Å². The monoisotopic (exact) mass is 247 g/mol. The molecule has 0 spiro atoms. The third-order valence-corrected chi connectivity index (χ3v) is 3.01. The number of anilines is 1. The Hall–Kier alpha value is -1.88. The Kier molecular flexibility index (Phi) is 4.30. The van der Waals surface area contributed by atoms with E-state index in [2.05, 4.69) is 16.7 Å². The summed E-state index contributed by atoms with van der Waals surface area (Å²) in [5.41, 5.74) is 2.53. The minimum absolute atomic E-state index is 0.126. The third kappa shape index (κ3) is 3.56. The van der Waals surface area contributed by atoms with Crippen LogP contribution in [0.5, 0.6) is 0 Å². The van der Waals surface area contributed by atoms with E-state index in [-0.39, 0.29) is 10.6 Å². The number of nitro groups is 1. The van der Waals surface area contributed by atoms with Crippen molar-refractivity contribution in [1.82, 2.24) is 5.32 Å². The van der Waals surface area contributed by atoms with E-state index in [1.165, 1.54) is 17.7 Å². The smallest absolute Gasteiger partial charge is 0.269 e. The van der Waals surface area contributed by atoms with Gasteiger partial charge >= 0.3 is 0 Å². The summed E-state index contributed by atoms with van der Waals surface area (Å²) in [5, 5.41) is 17.1. The highest BCUT2D eigenvalue weighted by Crippen LogP contribution is 2.16. The fourth-order valence-electron chi connectivity index (χ4n) is 1.97. The highest BCUT2D eigenvalue weighted by Gasteiger charge is 2.04. The fraction of sp³-hybridized carbons (Fsp3) is 0.385. The lowest BCUT2D eigenvalue weighted by Gasteiger charge is -2.14. The van der Waals surface area contributed by atoms with Crippen LogP contribution < -0.4 is 10.6 Å². The largest absolute Gasteiger partial charge is 0.385 e. The van der Waals surface area contributed by atoms with E-state index in [9.17, 15) is 10.1 Å². The standard InChI is InChI=1S/C13H17N3O2/c17-16(18)13-3-1-12(2-4-13)15-10-7-11-5-8-14-9-6-11/h1-5,14-15H,6-10H2. The first-order valence-corrected chi connectivity index (χ1v) is 6.12. The highest BCUT2D eigenvalue weighted by molar-refractivity contribution is 5.48. The average molecular weight is 247 g/mol. The molecule has 1 aliphatic heterocycles. The number of hydrogen-bond donors (Lipinski definition) is 2. The molecular formula is C13H17N3O2. The predicted molar refractivity (Wildman–Crippen MR) is 71.8 cm³/mol. The van der Waals surface area contributed by atoms with Crippen molar-refractivity contribution in [2.24, 2.45) is 0 Å². The van der Waals surface area contributed by atoms with Crippen LogP contribution in [0.3, 0.4) is 0 Å². The molecule has 2 N–H and O–H groups in total. The van der Waals surface area contributed by atoms with Crippen molar-refractivity contribution in [3.63, 3.8) is 0 Å². The van der Waals surface area contributed by atoms with Gasteiger partial charge in [0, 0.05) is 30.9 Å². The van der Waals surface area contributed by atoms with Gasteiger partial charge in [0.15, 0.2) is 0 Å². The molecule has 0 bridgehead atoms. The summed E-state index contributed by atoms with van der Waals surface area (Å²) in [4.78, 5) is 10.1. The van der Waals surface area contributed by atoms with Crippen molar-refractivity contribution < 1.29 is 4.92 Å². The van der Waals surface area contributed by atoms with Gasteiger partial charge in [-0.05, 0) is 31.5 Å². The van der Waals surface area contributed by atoms with Gasteiger partial charge in [-0.15, -0.1) is 0 Å². The minimum atomic E-state index is -0.385. The first-order chi connectivity index (χ1) is 8.75.